The minimum atomic E-state index is 0.0398. The topological polar surface area (TPSA) is 38.9 Å². The van der Waals surface area contributed by atoms with Gasteiger partial charge < -0.3 is 5.73 Å². The summed E-state index contributed by atoms with van der Waals surface area (Å²) in [6, 6.07) is 22.9. The third kappa shape index (κ3) is 3.36. The Morgan fingerprint density at radius 2 is 1.38 bits per heavy atom. The van der Waals surface area contributed by atoms with E-state index in [1.54, 1.807) is 0 Å². The molecule has 1 unspecified atom stereocenters. The van der Waals surface area contributed by atoms with Gasteiger partial charge in [-0.25, -0.2) is 0 Å². The summed E-state index contributed by atoms with van der Waals surface area (Å²) in [5.41, 5.74) is 11.1. The second-order valence-corrected chi connectivity index (χ2v) is 5.15. The zero-order valence-corrected chi connectivity index (χ0v) is 11.8. The third-order valence-corrected chi connectivity index (χ3v) is 3.65. The minimum absolute atomic E-state index is 0.0398. The molecule has 0 bridgehead atoms. The molecule has 0 spiro atoms. The summed E-state index contributed by atoms with van der Waals surface area (Å²) in [7, 11) is 0. The molecular weight excluding hydrogens is 256 g/mol. The standard InChI is InChI=1S/C19H18N2/c20-19(18-4-2-1-3-5-18)14-15-6-8-16(9-7-15)17-10-12-21-13-11-17/h1-13,19H,14,20H2. The van der Waals surface area contributed by atoms with Crippen molar-refractivity contribution in [3.8, 4) is 11.1 Å². The molecule has 2 aromatic carbocycles. The summed E-state index contributed by atoms with van der Waals surface area (Å²) in [5, 5.41) is 0. The molecule has 21 heavy (non-hydrogen) atoms. The molecule has 0 radical (unpaired) electrons. The monoisotopic (exact) mass is 274 g/mol. The van der Waals surface area contributed by atoms with E-state index in [1.165, 1.54) is 22.3 Å². The van der Waals surface area contributed by atoms with E-state index in [1.807, 2.05) is 42.7 Å². The maximum atomic E-state index is 6.27. The van der Waals surface area contributed by atoms with E-state index in [-0.39, 0.29) is 6.04 Å². The van der Waals surface area contributed by atoms with Gasteiger partial charge in [0.2, 0.25) is 0 Å². The van der Waals surface area contributed by atoms with Crippen molar-refractivity contribution >= 4 is 0 Å². The second kappa shape index (κ2) is 6.33. The lowest BCUT2D eigenvalue weighted by molar-refractivity contribution is 0.722. The summed E-state index contributed by atoms with van der Waals surface area (Å²) >= 11 is 0. The first-order valence-electron chi connectivity index (χ1n) is 7.13. The highest BCUT2D eigenvalue weighted by molar-refractivity contribution is 5.62. The Labute approximate surface area is 125 Å². The molecule has 3 rings (SSSR count). The van der Waals surface area contributed by atoms with Gasteiger partial charge in [0.25, 0.3) is 0 Å². The van der Waals surface area contributed by atoms with Crippen LogP contribution >= 0.6 is 0 Å². The van der Waals surface area contributed by atoms with Gasteiger partial charge in [-0.1, -0.05) is 54.6 Å². The summed E-state index contributed by atoms with van der Waals surface area (Å²) in [5.74, 6) is 0. The van der Waals surface area contributed by atoms with Crippen LogP contribution < -0.4 is 5.73 Å². The Bertz CT molecular complexity index is 676. The van der Waals surface area contributed by atoms with Gasteiger partial charge in [0.05, 0.1) is 0 Å². The average molecular weight is 274 g/mol. The molecule has 0 aliphatic rings. The van der Waals surface area contributed by atoms with Crippen LogP contribution in [0.1, 0.15) is 17.2 Å². The predicted molar refractivity (Wildman–Crippen MR) is 86.7 cm³/mol. The van der Waals surface area contributed by atoms with Crippen molar-refractivity contribution in [2.75, 3.05) is 0 Å². The van der Waals surface area contributed by atoms with E-state index in [2.05, 4.69) is 41.4 Å². The second-order valence-electron chi connectivity index (χ2n) is 5.15. The number of hydrogen-bond acceptors (Lipinski definition) is 2. The smallest absolute Gasteiger partial charge is 0.0335 e. The van der Waals surface area contributed by atoms with E-state index in [9.17, 15) is 0 Å². The van der Waals surface area contributed by atoms with Crippen LogP contribution in [0, 0.1) is 0 Å². The fourth-order valence-electron chi connectivity index (χ4n) is 2.45. The zero-order valence-electron chi connectivity index (χ0n) is 11.8. The van der Waals surface area contributed by atoms with Gasteiger partial charge in [-0.3, -0.25) is 4.98 Å². The molecule has 104 valence electrons. The molecule has 0 saturated heterocycles. The van der Waals surface area contributed by atoms with Crippen LogP contribution in [0.15, 0.2) is 79.1 Å². The first-order chi connectivity index (χ1) is 10.3. The lowest BCUT2D eigenvalue weighted by atomic mass is 9.98. The number of nitrogens with zero attached hydrogens (tertiary/aromatic N) is 1. The van der Waals surface area contributed by atoms with Crippen molar-refractivity contribution in [1.82, 2.24) is 4.98 Å². The van der Waals surface area contributed by atoms with E-state index >= 15 is 0 Å². The molecule has 0 aliphatic heterocycles. The molecule has 2 heteroatoms. The molecule has 1 aromatic heterocycles. The zero-order chi connectivity index (χ0) is 14.5. The number of aromatic nitrogens is 1. The average Bonchev–Trinajstić information content (AvgIpc) is 2.57. The van der Waals surface area contributed by atoms with Crippen molar-refractivity contribution in [2.24, 2.45) is 5.73 Å². The molecule has 2 N–H and O–H groups in total. The highest BCUT2D eigenvalue weighted by Gasteiger charge is 2.06. The number of pyridine rings is 1. The van der Waals surface area contributed by atoms with Gasteiger partial charge in [0.15, 0.2) is 0 Å². The Morgan fingerprint density at radius 1 is 0.762 bits per heavy atom. The number of hydrogen-bond donors (Lipinski definition) is 1. The fraction of sp³-hybridized carbons (Fsp3) is 0.105. The first kappa shape index (κ1) is 13.5. The largest absolute Gasteiger partial charge is 0.324 e. The van der Waals surface area contributed by atoms with Crippen molar-refractivity contribution in [1.29, 1.82) is 0 Å². The molecule has 0 fully saturated rings. The van der Waals surface area contributed by atoms with Crippen LogP contribution in [0.5, 0.6) is 0 Å². The van der Waals surface area contributed by atoms with Crippen molar-refractivity contribution in [2.45, 2.75) is 12.5 Å². The van der Waals surface area contributed by atoms with Gasteiger partial charge in [-0.15, -0.1) is 0 Å². The quantitative estimate of drug-likeness (QED) is 0.781. The number of rotatable bonds is 4. The SMILES string of the molecule is NC(Cc1ccc(-c2ccncc2)cc1)c1ccccc1. The minimum Gasteiger partial charge on any atom is -0.324 e. The summed E-state index contributed by atoms with van der Waals surface area (Å²) < 4.78 is 0. The van der Waals surface area contributed by atoms with Gasteiger partial charge in [0, 0.05) is 18.4 Å². The van der Waals surface area contributed by atoms with E-state index in [0.717, 1.165) is 6.42 Å². The van der Waals surface area contributed by atoms with Crippen LogP contribution in [-0.2, 0) is 6.42 Å². The molecule has 0 amide bonds. The van der Waals surface area contributed by atoms with Gasteiger partial charge in [0.1, 0.15) is 0 Å². The molecule has 0 aliphatic carbocycles. The van der Waals surface area contributed by atoms with Gasteiger partial charge >= 0.3 is 0 Å². The Morgan fingerprint density at radius 3 is 2.05 bits per heavy atom. The van der Waals surface area contributed by atoms with Gasteiger partial charge in [-0.2, -0.15) is 0 Å². The Hall–Kier alpha value is -2.45. The Balaban J connectivity index is 1.73. The summed E-state index contributed by atoms with van der Waals surface area (Å²) in [6.07, 6.45) is 4.48. The molecular formula is C19H18N2. The van der Waals surface area contributed by atoms with Crippen molar-refractivity contribution < 1.29 is 0 Å². The molecule has 1 heterocycles. The van der Waals surface area contributed by atoms with Crippen LogP contribution in [0.25, 0.3) is 11.1 Å². The molecule has 3 aromatic rings. The van der Waals surface area contributed by atoms with E-state index in [0.29, 0.717) is 0 Å². The lowest BCUT2D eigenvalue weighted by Crippen LogP contribution is -2.13. The van der Waals surface area contributed by atoms with Crippen LogP contribution in [0.3, 0.4) is 0 Å². The highest BCUT2D eigenvalue weighted by Crippen LogP contribution is 2.21. The van der Waals surface area contributed by atoms with Gasteiger partial charge in [-0.05, 0) is 40.8 Å². The first-order valence-corrected chi connectivity index (χ1v) is 7.13. The predicted octanol–water partition coefficient (Wildman–Crippen LogP) is 3.99. The summed E-state index contributed by atoms with van der Waals surface area (Å²) in [6.45, 7) is 0. The fourth-order valence-corrected chi connectivity index (χ4v) is 2.45. The third-order valence-electron chi connectivity index (χ3n) is 3.65. The number of nitrogens with two attached hydrogens (primary N) is 1. The maximum Gasteiger partial charge on any atom is 0.0335 e. The molecule has 2 nitrogen and oxygen atoms in total. The number of benzene rings is 2. The van der Waals surface area contributed by atoms with E-state index < -0.39 is 0 Å². The highest BCUT2D eigenvalue weighted by atomic mass is 14.6. The van der Waals surface area contributed by atoms with Crippen LogP contribution in [0.2, 0.25) is 0 Å². The van der Waals surface area contributed by atoms with E-state index in [4.69, 9.17) is 5.73 Å². The molecule has 1 atom stereocenters. The van der Waals surface area contributed by atoms with Crippen LogP contribution in [-0.4, -0.2) is 4.98 Å². The van der Waals surface area contributed by atoms with Crippen LogP contribution in [0.4, 0.5) is 0 Å². The molecule has 0 saturated carbocycles. The summed E-state index contributed by atoms with van der Waals surface area (Å²) in [4.78, 5) is 4.04. The Kier molecular flexibility index (Phi) is 4.08. The maximum absolute atomic E-state index is 6.27. The van der Waals surface area contributed by atoms with Crippen molar-refractivity contribution in [3.05, 3.63) is 90.3 Å². The normalized spacial score (nSPS) is 12.0. The lowest BCUT2D eigenvalue weighted by Gasteiger charge is -2.12. The van der Waals surface area contributed by atoms with Crippen molar-refractivity contribution in [3.63, 3.8) is 0 Å².